The van der Waals surface area contributed by atoms with Crippen molar-refractivity contribution in [1.82, 2.24) is 4.90 Å². The predicted octanol–water partition coefficient (Wildman–Crippen LogP) is 1.74. The lowest BCUT2D eigenvalue weighted by Crippen LogP contribution is -2.28. The van der Waals surface area contributed by atoms with Crippen LogP contribution in [0.3, 0.4) is 0 Å². The Morgan fingerprint density at radius 3 is 2.89 bits per heavy atom. The fraction of sp³-hybridized carbons (Fsp3) is 0.286. The molecule has 0 saturated carbocycles. The van der Waals surface area contributed by atoms with Crippen molar-refractivity contribution in [1.29, 1.82) is 0 Å². The van der Waals surface area contributed by atoms with Gasteiger partial charge in [0.25, 0.3) is 0 Å². The first-order valence-electron chi connectivity index (χ1n) is 6.18. The maximum atomic E-state index is 11.8. The summed E-state index contributed by atoms with van der Waals surface area (Å²) in [6.45, 7) is 1.02. The van der Waals surface area contributed by atoms with Crippen LogP contribution >= 0.6 is 11.3 Å². The van der Waals surface area contributed by atoms with E-state index in [1.165, 1.54) is 10.1 Å². The molecular weight excluding hydrogens is 260 g/mol. The summed E-state index contributed by atoms with van der Waals surface area (Å²) in [6.07, 6.45) is 0.250. The summed E-state index contributed by atoms with van der Waals surface area (Å²) in [5, 5.41) is 1.19. The van der Waals surface area contributed by atoms with Gasteiger partial charge >= 0.3 is 0 Å². The number of likely N-dealkylation sites (tertiary alicyclic amines) is 1. The van der Waals surface area contributed by atoms with Crippen LogP contribution < -0.4 is 5.73 Å². The largest absolute Gasteiger partial charge is 0.369 e. The molecular formula is C14H14N2O2S. The molecule has 0 radical (unpaired) electrons. The molecule has 5 heteroatoms. The minimum absolute atomic E-state index is 0.0151. The van der Waals surface area contributed by atoms with Gasteiger partial charge in [-0.2, -0.15) is 0 Å². The highest BCUT2D eigenvalue weighted by Crippen LogP contribution is 2.28. The number of thiophene rings is 1. The second-order valence-corrected chi connectivity index (χ2v) is 6.00. The van der Waals surface area contributed by atoms with Crippen LogP contribution in [0.2, 0.25) is 0 Å². The first kappa shape index (κ1) is 12.2. The fourth-order valence-electron chi connectivity index (χ4n) is 2.42. The van der Waals surface area contributed by atoms with Crippen molar-refractivity contribution < 1.29 is 9.59 Å². The van der Waals surface area contributed by atoms with Crippen molar-refractivity contribution in [2.24, 2.45) is 11.7 Å². The number of nitrogens with two attached hydrogens (primary N) is 1. The molecule has 2 N–H and O–H groups in total. The number of amides is 2. The lowest BCUT2D eigenvalue weighted by Gasteiger charge is -2.14. The molecule has 1 aliphatic rings. The third-order valence-corrected chi connectivity index (χ3v) is 4.54. The molecule has 0 bridgehead atoms. The van der Waals surface area contributed by atoms with Crippen LogP contribution in [0.25, 0.3) is 10.1 Å². The number of fused-ring (bicyclic) bond motifs is 1. The summed E-state index contributed by atoms with van der Waals surface area (Å²) >= 11 is 1.69. The number of hydrogen-bond donors (Lipinski definition) is 1. The van der Waals surface area contributed by atoms with E-state index in [0.29, 0.717) is 13.1 Å². The van der Waals surface area contributed by atoms with Gasteiger partial charge in [-0.15, -0.1) is 11.3 Å². The maximum absolute atomic E-state index is 11.8. The summed E-state index contributed by atoms with van der Waals surface area (Å²) in [5.74, 6) is -0.699. The van der Waals surface area contributed by atoms with E-state index in [9.17, 15) is 9.59 Å². The van der Waals surface area contributed by atoms with Crippen LogP contribution in [0, 0.1) is 5.92 Å². The highest BCUT2D eigenvalue weighted by atomic mass is 32.1. The Hall–Kier alpha value is -1.88. The van der Waals surface area contributed by atoms with Gasteiger partial charge in [-0.3, -0.25) is 9.59 Å². The van der Waals surface area contributed by atoms with E-state index in [0.717, 1.165) is 4.88 Å². The van der Waals surface area contributed by atoms with Gasteiger partial charge in [0.2, 0.25) is 11.8 Å². The normalized spacial score (nSPS) is 19.3. The molecule has 2 heterocycles. The number of rotatable bonds is 3. The summed E-state index contributed by atoms with van der Waals surface area (Å²) in [6, 6.07) is 10.2. The highest BCUT2D eigenvalue weighted by molar-refractivity contribution is 7.19. The zero-order chi connectivity index (χ0) is 13.4. The lowest BCUT2D eigenvalue weighted by molar-refractivity contribution is -0.128. The number of benzene rings is 1. The Kier molecular flexibility index (Phi) is 2.98. The van der Waals surface area contributed by atoms with Crippen molar-refractivity contribution in [3.63, 3.8) is 0 Å². The highest BCUT2D eigenvalue weighted by Gasteiger charge is 2.33. The van der Waals surface area contributed by atoms with E-state index in [1.807, 2.05) is 12.1 Å². The van der Waals surface area contributed by atoms with Crippen LogP contribution in [-0.4, -0.2) is 23.3 Å². The van der Waals surface area contributed by atoms with Gasteiger partial charge in [-0.1, -0.05) is 18.2 Å². The number of hydrogen-bond acceptors (Lipinski definition) is 3. The minimum Gasteiger partial charge on any atom is -0.369 e. The molecule has 1 aliphatic heterocycles. The Labute approximate surface area is 114 Å². The van der Waals surface area contributed by atoms with Crippen LogP contribution in [0.5, 0.6) is 0 Å². The summed E-state index contributed by atoms with van der Waals surface area (Å²) in [4.78, 5) is 25.8. The Balaban J connectivity index is 1.78. The van der Waals surface area contributed by atoms with Crippen LogP contribution in [0.1, 0.15) is 11.3 Å². The molecule has 1 unspecified atom stereocenters. The smallest absolute Gasteiger partial charge is 0.223 e. The Morgan fingerprint density at radius 2 is 2.21 bits per heavy atom. The van der Waals surface area contributed by atoms with Gasteiger partial charge in [-0.05, 0) is 17.5 Å². The summed E-state index contributed by atoms with van der Waals surface area (Å²) in [7, 11) is 0. The predicted molar refractivity (Wildman–Crippen MR) is 74.5 cm³/mol. The molecule has 0 spiro atoms. The molecule has 2 aromatic rings. The molecule has 19 heavy (non-hydrogen) atoms. The second kappa shape index (κ2) is 4.66. The zero-order valence-corrected chi connectivity index (χ0v) is 11.2. The molecule has 1 atom stereocenters. The molecule has 1 saturated heterocycles. The van der Waals surface area contributed by atoms with Crippen LogP contribution in [-0.2, 0) is 16.1 Å². The first-order valence-corrected chi connectivity index (χ1v) is 6.99. The SMILES string of the molecule is NC(=O)C1CC(=O)N(Cc2cc3ccccc3s2)C1. The molecule has 0 aliphatic carbocycles. The standard InChI is InChI=1S/C14H14N2O2S/c15-14(18)10-6-13(17)16(7-10)8-11-5-9-3-1-2-4-12(9)19-11/h1-5,10H,6-8H2,(H2,15,18). The first-order chi connectivity index (χ1) is 9.13. The monoisotopic (exact) mass is 274 g/mol. The maximum Gasteiger partial charge on any atom is 0.223 e. The number of carbonyl (C=O) groups is 2. The van der Waals surface area contributed by atoms with Crippen molar-refractivity contribution in [2.75, 3.05) is 6.54 Å². The third-order valence-electron chi connectivity index (χ3n) is 3.44. The van der Waals surface area contributed by atoms with E-state index in [1.54, 1.807) is 16.2 Å². The third kappa shape index (κ3) is 2.33. The van der Waals surface area contributed by atoms with Crippen LogP contribution in [0.15, 0.2) is 30.3 Å². The van der Waals surface area contributed by atoms with E-state index in [-0.39, 0.29) is 24.2 Å². The van der Waals surface area contributed by atoms with Gasteiger partial charge in [0.1, 0.15) is 0 Å². The molecule has 4 nitrogen and oxygen atoms in total. The average molecular weight is 274 g/mol. The van der Waals surface area contributed by atoms with Gasteiger partial charge in [0.15, 0.2) is 0 Å². The average Bonchev–Trinajstić information content (AvgIpc) is 2.93. The topological polar surface area (TPSA) is 63.4 Å². The van der Waals surface area contributed by atoms with Gasteiger partial charge in [0, 0.05) is 22.5 Å². The van der Waals surface area contributed by atoms with E-state index >= 15 is 0 Å². The zero-order valence-electron chi connectivity index (χ0n) is 10.3. The van der Waals surface area contributed by atoms with E-state index < -0.39 is 0 Å². The molecule has 1 aromatic carbocycles. The Bertz CT molecular complexity index is 617. The van der Waals surface area contributed by atoms with E-state index in [4.69, 9.17) is 5.73 Å². The van der Waals surface area contributed by atoms with Crippen molar-refractivity contribution in [3.8, 4) is 0 Å². The van der Waals surface area contributed by atoms with E-state index in [2.05, 4.69) is 18.2 Å². The van der Waals surface area contributed by atoms with Gasteiger partial charge in [0.05, 0.1) is 12.5 Å². The molecule has 3 rings (SSSR count). The van der Waals surface area contributed by atoms with Crippen molar-refractivity contribution in [2.45, 2.75) is 13.0 Å². The van der Waals surface area contributed by atoms with Crippen molar-refractivity contribution >= 4 is 33.2 Å². The van der Waals surface area contributed by atoms with Crippen LogP contribution in [0.4, 0.5) is 0 Å². The Morgan fingerprint density at radius 1 is 1.42 bits per heavy atom. The lowest BCUT2D eigenvalue weighted by atomic mass is 10.1. The molecule has 1 fully saturated rings. The number of primary amides is 1. The fourth-order valence-corrected chi connectivity index (χ4v) is 3.50. The van der Waals surface area contributed by atoms with Gasteiger partial charge in [-0.25, -0.2) is 0 Å². The summed E-state index contributed by atoms with van der Waals surface area (Å²) < 4.78 is 1.22. The quantitative estimate of drug-likeness (QED) is 0.926. The number of carbonyl (C=O) groups excluding carboxylic acids is 2. The minimum atomic E-state index is -0.382. The summed E-state index contributed by atoms with van der Waals surface area (Å²) in [5.41, 5.74) is 5.26. The second-order valence-electron chi connectivity index (χ2n) is 4.83. The molecule has 2 amide bonds. The van der Waals surface area contributed by atoms with Crippen molar-refractivity contribution in [3.05, 3.63) is 35.2 Å². The molecule has 1 aromatic heterocycles. The van der Waals surface area contributed by atoms with Gasteiger partial charge < -0.3 is 10.6 Å². The molecule has 98 valence electrons. The number of nitrogens with zero attached hydrogens (tertiary/aromatic N) is 1.